The van der Waals surface area contributed by atoms with Gasteiger partial charge in [0.05, 0.1) is 34.8 Å². The van der Waals surface area contributed by atoms with Crippen LogP contribution < -0.4 is 5.56 Å². The average molecular weight is 289 g/mol. The Morgan fingerprint density at radius 1 is 1.75 bits per heavy atom. The van der Waals surface area contributed by atoms with Crippen LogP contribution in [-0.4, -0.2) is 22.2 Å². The molecule has 0 aromatic carbocycles. The summed E-state index contributed by atoms with van der Waals surface area (Å²) < 4.78 is 6.54. The molecule has 1 aromatic heterocycles. The van der Waals surface area contributed by atoms with Crippen LogP contribution in [0, 0.1) is 17.0 Å². The maximum atomic E-state index is 11.8. The molecule has 2 heterocycles. The fourth-order valence-electron chi connectivity index (χ4n) is 1.41. The summed E-state index contributed by atoms with van der Waals surface area (Å²) in [5.74, 6) is 0. The van der Waals surface area contributed by atoms with Gasteiger partial charge in [0.15, 0.2) is 0 Å². The van der Waals surface area contributed by atoms with E-state index in [9.17, 15) is 14.9 Å². The maximum absolute atomic E-state index is 11.8. The van der Waals surface area contributed by atoms with Crippen LogP contribution in [0.4, 0.5) is 5.69 Å². The van der Waals surface area contributed by atoms with Crippen molar-refractivity contribution < 1.29 is 9.66 Å². The number of pyridine rings is 1. The molecular weight excluding hydrogens is 280 g/mol. The number of aromatic nitrogens is 1. The quantitative estimate of drug-likeness (QED) is 0.476. The van der Waals surface area contributed by atoms with Gasteiger partial charge in [-0.2, -0.15) is 0 Å². The standard InChI is InChI=1S/C9H9BrN2O4/c1-5-7(12(14)15)3-11(2-6-4-16-6)9(13)8(5)10/h3,6H,2,4H2,1H3. The number of nitrogens with zero attached hydrogens (tertiary/aromatic N) is 2. The molecule has 0 aliphatic carbocycles. The van der Waals surface area contributed by atoms with E-state index >= 15 is 0 Å². The van der Waals surface area contributed by atoms with E-state index in [1.807, 2.05) is 0 Å². The van der Waals surface area contributed by atoms with Gasteiger partial charge in [-0.1, -0.05) is 0 Å². The summed E-state index contributed by atoms with van der Waals surface area (Å²) >= 11 is 3.08. The molecule has 1 fully saturated rings. The third-order valence-electron chi connectivity index (χ3n) is 2.44. The van der Waals surface area contributed by atoms with Gasteiger partial charge in [0.25, 0.3) is 11.2 Å². The zero-order valence-corrected chi connectivity index (χ0v) is 10.1. The zero-order valence-electron chi connectivity index (χ0n) is 8.47. The van der Waals surface area contributed by atoms with Crippen LogP contribution in [0.2, 0.25) is 0 Å². The molecule has 1 atom stereocenters. The van der Waals surface area contributed by atoms with Crippen LogP contribution in [0.5, 0.6) is 0 Å². The number of ether oxygens (including phenoxy) is 1. The van der Waals surface area contributed by atoms with E-state index in [2.05, 4.69) is 15.9 Å². The van der Waals surface area contributed by atoms with E-state index in [1.54, 1.807) is 6.92 Å². The first-order valence-electron chi connectivity index (χ1n) is 4.66. The third-order valence-corrected chi connectivity index (χ3v) is 3.37. The van der Waals surface area contributed by atoms with Crippen LogP contribution in [0.15, 0.2) is 15.5 Å². The van der Waals surface area contributed by atoms with Crippen LogP contribution >= 0.6 is 15.9 Å². The lowest BCUT2D eigenvalue weighted by atomic mass is 10.2. The highest BCUT2D eigenvalue weighted by molar-refractivity contribution is 9.10. The molecule has 1 unspecified atom stereocenters. The minimum Gasteiger partial charge on any atom is -0.371 e. The van der Waals surface area contributed by atoms with Crippen molar-refractivity contribution in [1.82, 2.24) is 4.57 Å². The number of rotatable bonds is 3. The highest BCUT2D eigenvalue weighted by atomic mass is 79.9. The first kappa shape index (κ1) is 11.3. The first-order valence-corrected chi connectivity index (χ1v) is 5.45. The number of halogens is 1. The second-order valence-corrected chi connectivity index (χ2v) is 4.42. The molecular formula is C9H9BrN2O4. The topological polar surface area (TPSA) is 77.7 Å². The molecule has 0 amide bonds. The van der Waals surface area contributed by atoms with Crippen molar-refractivity contribution in [3.8, 4) is 0 Å². The molecule has 1 aromatic rings. The molecule has 16 heavy (non-hydrogen) atoms. The number of hydrogen-bond acceptors (Lipinski definition) is 4. The Bertz CT molecular complexity index is 507. The molecule has 0 saturated carbocycles. The summed E-state index contributed by atoms with van der Waals surface area (Å²) in [4.78, 5) is 22.0. The second-order valence-electron chi connectivity index (χ2n) is 3.62. The summed E-state index contributed by atoms with van der Waals surface area (Å²) in [5, 5.41) is 10.8. The molecule has 1 aliphatic heterocycles. The van der Waals surface area contributed by atoms with Gasteiger partial charge in [0.1, 0.15) is 0 Å². The Morgan fingerprint density at radius 2 is 2.38 bits per heavy atom. The molecule has 6 nitrogen and oxygen atoms in total. The molecule has 1 aliphatic rings. The summed E-state index contributed by atoms with van der Waals surface area (Å²) in [5.41, 5.74) is 0.0219. The van der Waals surface area contributed by atoms with Crippen LogP contribution in [0.3, 0.4) is 0 Å². The predicted molar refractivity (Wildman–Crippen MR) is 59.5 cm³/mol. The predicted octanol–water partition coefficient (Wildman–Crippen LogP) is 1.23. The van der Waals surface area contributed by atoms with Gasteiger partial charge in [-0.3, -0.25) is 14.9 Å². The van der Waals surface area contributed by atoms with Crippen LogP contribution in [0.1, 0.15) is 5.56 Å². The lowest BCUT2D eigenvalue weighted by Gasteiger charge is -2.06. The summed E-state index contributed by atoms with van der Waals surface area (Å²) in [6.07, 6.45) is 1.27. The van der Waals surface area contributed by atoms with Crippen molar-refractivity contribution in [3.05, 3.63) is 36.7 Å². The molecule has 0 spiro atoms. The minimum atomic E-state index is -0.496. The van der Waals surface area contributed by atoms with E-state index in [0.717, 1.165) is 0 Å². The van der Waals surface area contributed by atoms with Gasteiger partial charge in [-0.05, 0) is 22.9 Å². The average Bonchev–Trinajstić information content (AvgIpc) is 3.02. The van der Waals surface area contributed by atoms with E-state index in [0.29, 0.717) is 18.7 Å². The highest BCUT2D eigenvalue weighted by Gasteiger charge is 2.26. The molecule has 86 valence electrons. The smallest absolute Gasteiger partial charge is 0.289 e. The fraction of sp³-hybridized carbons (Fsp3) is 0.444. The van der Waals surface area contributed by atoms with Crippen molar-refractivity contribution in [2.75, 3.05) is 6.61 Å². The maximum Gasteiger partial charge on any atom is 0.289 e. The lowest BCUT2D eigenvalue weighted by molar-refractivity contribution is -0.386. The van der Waals surface area contributed by atoms with Crippen LogP contribution in [-0.2, 0) is 11.3 Å². The van der Waals surface area contributed by atoms with Gasteiger partial charge in [0.2, 0.25) is 0 Å². The zero-order chi connectivity index (χ0) is 11.9. The summed E-state index contributed by atoms with van der Waals surface area (Å²) in [6.45, 7) is 2.51. The van der Waals surface area contributed by atoms with Gasteiger partial charge >= 0.3 is 0 Å². The van der Waals surface area contributed by atoms with E-state index in [-0.39, 0.29) is 21.8 Å². The Kier molecular flexibility index (Phi) is 2.81. The largest absolute Gasteiger partial charge is 0.371 e. The van der Waals surface area contributed by atoms with Gasteiger partial charge in [-0.15, -0.1) is 0 Å². The van der Waals surface area contributed by atoms with Crippen LogP contribution in [0.25, 0.3) is 0 Å². The van der Waals surface area contributed by atoms with E-state index in [1.165, 1.54) is 10.8 Å². The first-order chi connectivity index (χ1) is 7.50. The molecule has 7 heteroatoms. The SMILES string of the molecule is Cc1c([N+](=O)[O-])cn(CC2CO2)c(=O)c1Br. The Morgan fingerprint density at radius 3 is 2.88 bits per heavy atom. The fourth-order valence-corrected chi connectivity index (χ4v) is 1.85. The Labute approximate surface area is 99.1 Å². The number of epoxide rings is 1. The highest BCUT2D eigenvalue weighted by Crippen LogP contribution is 2.23. The normalized spacial score (nSPS) is 18.5. The Balaban J connectivity index is 2.51. The van der Waals surface area contributed by atoms with E-state index in [4.69, 9.17) is 4.74 Å². The molecule has 0 N–H and O–H groups in total. The van der Waals surface area contributed by atoms with Crippen molar-refractivity contribution in [2.45, 2.75) is 19.6 Å². The summed E-state index contributed by atoms with van der Waals surface area (Å²) in [7, 11) is 0. The van der Waals surface area contributed by atoms with Crippen molar-refractivity contribution in [3.63, 3.8) is 0 Å². The molecule has 2 rings (SSSR count). The van der Waals surface area contributed by atoms with E-state index < -0.39 is 4.92 Å². The van der Waals surface area contributed by atoms with Crippen molar-refractivity contribution in [1.29, 1.82) is 0 Å². The Hall–Kier alpha value is -1.21. The van der Waals surface area contributed by atoms with Crippen molar-refractivity contribution in [2.24, 2.45) is 0 Å². The third kappa shape index (κ3) is 2.00. The lowest BCUT2D eigenvalue weighted by Crippen LogP contribution is -2.24. The molecule has 1 saturated heterocycles. The van der Waals surface area contributed by atoms with Crippen molar-refractivity contribution >= 4 is 21.6 Å². The van der Waals surface area contributed by atoms with Gasteiger partial charge in [0, 0.05) is 5.56 Å². The van der Waals surface area contributed by atoms with Gasteiger partial charge < -0.3 is 9.30 Å². The van der Waals surface area contributed by atoms with Gasteiger partial charge in [-0.25, -0.2) is 0 Å². The minimum absolute atomic E-state index is 0.00640. The monoisotopic (exact) mass is 288 g/mol. The molecule has 0 radical (unpaired) electrons. The summed E-state index contributed by atoms with van der Waals surface area (Å²) in [6, 6.07) is 0. The second kappa shape index (κ2) is 3.99. The molecule has 0 bridgehead atoms. The number of hydrogen-bond donors (Lipinski definition) is 0. The number of nitro groups is 1.